The molecule has 0 bridgehead atoms. The number of phenolic OH excluding ortho intramolecular Hbond substituents is 1. The van der Waals surface area contributed by atoms with Crippen LogP contribution >= 0.6 is 0 Å². The molecule has 6 heteroatoms. The summed E-state index contributed by atoms with van der Waals surface area (Å²) in [6, 6.07) is 20.4. The van der Waals surface area contributed by atoms with Crippen molar-refractivity contribution in [1.82, 2.24) is 4.90 Å². The summed E-state index contributed by atoms with van der Waals surface area (Å²) in [6.45, 7) is 8.20. The lowest BCUT2D eigenvalue weighted by Gasteiger charge is -2.38. The number of rotatable bonds is 8. The zero-order valence-corrected chi connectivity index (χ0v) is 20.7. The van der Waals surface area contributed by atoms with Crippen LogP contribution < -0.4 is 15.2 Å². The van der Waals surface area contributed by atoms with Gasteiger partial charge in [0.1, 0.15) is 30.0 Å². The Bertz CT molecular complexity index is 1290. The number of carbonyl (C=O) groups is 1. The molecule has 3 aromatic rings. The zero-order chi connectivity index (χ0) is 25.2. The van der Waals surface area contributed by atoms with E-state index >= 15 is 0 Å². The minimum Gasteiger partial charge on any atom is -0.508 e. The predicted octanol–water partition coefficient (Wildman–Crippen LogP) is 5.28. The molecule has 36 heavy (non-hydrogen) atoms. The number of phenols is 1. The molecule has 1 amide bonds. The van der Waals surface area contributed by atoms with Crippen LogP contribution in [-0.4, -0.2) is 42.2 Å². The van der Waals surface area contributed by atoms with E-state index in [0.717, 1.165) is 46.0 Å². The first-order chi connectivity index (χ1) is 17.4. The van der Waals surface area contributed by atoms with Crippen LogP contribution in [0.1, 0.15) is 53.4 Å². The molecule has 3 aromatic carbocycles. The van der Waals surface area contributed by atoms with Gasteiger partial charge in [0, 0.05) is 36.3 Å². The number of aromatic hydroxyl groups is 1. The first kappa shape index (κ1) is 23.9. The van der Waals surface area contributed by atoms with E-state index < -0.39 is 12.0 Å². The molecule has 3 N–H and O–H groups in total. The molecule has 0 spiro atoms. The highest BCUT2D eigenvalue weighted by molar-refractivity contribution is 5.98. The SMILES string of the molecule is CCC1CN(CCOc2ccc(C3Oc4ccc(O)cc4C(C)=C3c3cccc(C(N)=O)c3)cc2)C1. The van der Waals surface area contributed by atoms with Gasteiger partial charge in [-0.1, -0.05) is 37.6 Å². The number of nitrogens with two attached hydrogens (primary N) is 1. The van der Waals surface area contributed by atoms with Gasteiger partial charge >= 0.3 is 0 Å². The maximum absolute atomic E-state index is 11.9. The van der Waals surface area contributed by atoms with Gasteiger partial charge in [-0.25, -0.2) is 0 Å². The van der Waals surface area contributed by atoms with Crippen molar-refractivity contribution in [3.05, 3.63) is 89.0 Å². The van der Waals surface area contributed by atoms with Gasteiger partial charge in [0.15, 0.2) is 0 Å². The summed E-state index contributed by atoms with van der Waals surface area (Å²) in [5, 5.41) is 10.1. The molecular formula is C30H32N2O4. The van der Waals surface area contributed by atoms with Crippen LogP contribution in [0.4, 0.5) is 0 Å². The fourth-order valence-corrected chi connectivity index (χ4v) is 5.03. The fraction of sp³-hybridized carbons (Fsp3) is 0.300. The van der Waals surface area contributed by atoms with E-state index in [9.17, 15) is 9.90 Å². The lowest BCUT2D eigenvalue weighted by Crippen LogP contribution is -2.47. The maximum Gasteiger partial charge on any atom is 0.248 e. The molecule has 2 aliphatic rings. The number of allylic oxidation sites excluding steroid dienone is 1. The number of hydrogen-bond donors (Lipinski definition) is 2. The van der Waals surface area contributed by atoms with Crippen molar-refractivity contribution in [1.29, 1.82) is 0 Å². The summed E-state index contributed by atoms with van der Waals surface area (Å²) in [5.74, 6) is 2.05. The average molecular weight is 485 g/mol. The molecule has 1 atom stereocenters. The number of hydrogen-bond acceptors (Lipinski definition) is 5. The molecule has 186 valence electrons. The number of nitrogens with zero attached hydrogens (tertiary/aromatic N) is 1. The van der Waals surface area contributed by atoms with Crippen molar-refractivity contribution >= 4 is 17.1 Å². The molecule has 1 unspecified atom stereocenters. The quantitative estimate of drug-likeness (QED) is 0.455. The Morgan fingerprint density at radius 1 is 1.11 bits per heavy atom. The van der Waals surface area contributed by atoms with E-state index in [1.165, 1.54) is 19.5 Å². The van der Waals surface area contributed by atoms with Crippen LogP contribution in [0, 0.1) is 5.92 Å². The van der Waals surface area contributed by atoms with E-state index in [1.54, 1.807) is 30.3 Å². The van der Waals surface area contributed by atoms with Crippen LogP contribution in [0.15, 0.2) is 66.7 Å². The molecule has 0 saturated carbocycles. The Hall–Kier alpha value is -3.77. The number of primary amides is 1. The lowest BCUT2D eigenvalue weighted by atomic mass is 9.85. The first-order valence-electron chi connectivity index (χ1n) is 12.5. The van der Waals surface area contributed by atoms with Crippen molar-refractivity contribution in [3.8, 4) is 17.2 Å². The Balaban J connectivity index is 1.41. The van der Waals surface area contributed by atoms with E-state index in [2.05, 4.69) is 11.8 Å². The molecule has 5 rings (SSSR count). The van der Waals surface area contributed by atoms with Gasteiger partial charge < -0.3 is 20.3 Å². The molecule has 0 radical (unpaired) electrons. The van der Waals surface area contributed by atoms with E-state index in [1.807, 2.05) is 43.3 Å². The second-order valence-corrected chi connectivity index (χ2v) is 9.61. The standard InChI is InChI=1S/C30H32N2O4/c1-3-20-17-32(18-20)13-14-35-25-10-7-21(8-11-25)29-28(22-5-4-6-23(15-22)30(31)34)19(2)26-16-24(33)9-12-27(26)36-29/h4-12,15-16,20,29,33H,3,13-14,17-18H2,1-2H3,(H2,31,34). The topological polar surface area (TPSA) is 85.0 Å². The smallest absolute Gasteiger partial charge is 0.248 e. The van der Waals surface area contributed by atoms with Gasteiger partial charge in [-0.15, -0.1) is 0 Å². The third-order valence-electron chi connectivity index (χ3n) is 7.21. The number of ether oxygens (including phenoxy) is 2. The Labute approximate surface area is 212 Å². The second kappa shape index (κ2) is 10.1. The number of benzene rings is 3. The Morgan fingerprint density at radius 2 is 1.89 bits per heavy atom. The summed E-state index contributed by atoms with van der Waals surface area (Å²) >= 11 is 0. The minimum atomic E-state index is -0.480. The van der Waals surface area contributed by atoms with Gasteiger partial charge in [-0.3, -0.25) is 9.69 Å². The predicted molar refractivity (Wildman–Crippen MR) is 141 cm³/mol. The second-order valence-electron chi connectivity index (χ2n) is 9.61. The third kappa shape index (κ3) is 4.82. The largest absolute Gasteiger partial charge is 0.508 e. The molecular weight excluding hydrogens is 452 g/mol. The van der Waals surface area contributed by atoms with Crippen LogP contribution in [0.5, 0.6) is 17.2 Å². The Morgan fingerprint density at radius 3 is 2.61 bits per heavy atom. The van der Waals surface area contributed by atoms with Crippen LogP contribution in [0.25, 0.3) is 11.1 Å². The molecule has 0 aromatic heterocycles. The van der Waals surface area contributed by atoms with E-state index in [-0.39, 0.29) is 5.75 Å². The minimum absolute atomic E-state index is 0.172. The first-order valence-corrected chi connectivity index (χ1v) is 12.5. The third-order valence-corrected chi connectivity index (χ3v) is 7.21. The van der Waals surface area contributed by atoms with Crippen molar-refractivity contribution in [2.75, 3.05) is 26.2 Å². The number of likely N-dealkylation sites (tertiary alicyclic amines) is 1. The molecule has 2 heterocycles. The van der Waals surface area contributed by atoms with Crippen LogP contribution in [0.2, 0.25) is 0 Å². The van der Waals surface area contributed by atoms with E-state index in [0.29, 0.717) is 17.9 Å². The van der Waals surface area contributed by atoms with Crippen molar-refractivity contribution in [3.63, 3.8) is 0 Å². The van der Waals surface area contributed by atoms with Crippen LogP contribution in [0.3, 0.4) is 0 Å². The Kier molecular flexibility index (Phi) is 6.70. The summed E-state index contributed by atoms with van der Waals surface area (Å²) < 4.78 is 12.5. The van der Waals surface area contributed by atoms with Gasteiger partial charge in [0.05, 0.1) is 0 Å². The number of carbonyl (C=O) groups excluding carboxylic acids is 1. The molecule has 6 nitrogen and oxygen atoms in total. The molecule has 2 aliphatic heterocycles. The van der Waals surface area contributed by atoms with Gasteiger partial charge in [-0.2, -0.15) is 0 Å². The van der Waals surface area contributed by atoms with Gasteiger partial charge in [0.25, 0.3) is 0 Å². The van der Waals surface area contributed by atoms with E-state index in [4.69, 9.17) is 15.2 Å². The van der Waals surface area contributed by atoms with Crippen molar-refractivity contribution < 1.29 is 19.4 Å². The summed E-state index contributed by atoms with van der Waals surface area (Å²) in [7, 11) is 0. The number of amides is 1. The van der Waals surface area contributed by atoms with Gasteiger partial charge in [0.2, 0.25) is 5.91 Å². The van der Waals surface area contributed by atoms with Crippen molar-refractivity contribution in [2.45, 2.75) is 26.4 Å². The molecule has 1 saturated heterocycles. The van der Waals surface area contributed by atoms with Crippen molar-refractivity contribution in [2.24, 2.45) is 11.7 Å². The maximum atomic E-state index is 11.9. The monoisotopic (exact) mass is 484 g/mol. The van der Waals surface area contributed by atoms with Gasteiger partial charge in [-0.05, 0) is 72.0 Å². The number of fused-ring (bicyclic) bond motifs is 1. The highest BCUT2D eigenvalue weighted by Gasteiger charge is 2.30. The molecule has 1 fully saturated rings. The highest BCUT2D eigenvalue weighted by atomic mass is 16.5. The normalized spacial score (nSPS) is 17.8. The highest BCUT2D eigenvalue weighted by Crippen LogP contribution is 2.47. The fourth-order valence-electron chi connectivity index (χ4n) is 5.03. The van der Waals surface area contributed by atoms with Crippen LogP contribution in [-0.2, 0) is 0 Å². The summed E-state index contributed by atoms with van der Waals surface area (Å²) in [6.07, 6.45) is 0.849. The lowest BCUT2D eigenvalue weighted by molar-refractivity contribution is 0.0806. The zero-order valence-electron chi connectivity index (χ0n) is 20.7. The molecule has 0 aliphatic carbocycles. The summed E-state index contributed by atoms with van der Waals surface area (Å²) in [4.78, 5) is 14.3. The summed E-state index contributed by atoms with van der Waals surface area (Å²) in [5.41, 5.74) is 10.5. The average Bonchev–Trinajstić information content (AvgIpc) is 2.86.